The first kappa shape index (κ1) is 18.7. The van der Waals surface area contributed by atoms with E-state index in [4.69, 9.17) is 16.3 Å². The highest BCUT2D eigenvalue weighted by molar-refractivity contribution is 6.30. The van der Waals surface area contributed by atoms with Crippen molar-refractivity contribution < 1.29 is 19.0 Å². The SMILES string of the molecule is COc1ccc(Cl)cc1C(c1ccc(F)cc1)N1CCC(C(=O)O)CC1. The van der Waals surface area contributed by atoms with Gasteiger partial charge in [0.2, 0.25) is 0 Å². The minimum atomic E-state index is -0.747. The Kier molecular flexibility index (Phi) is 5.79. The van der Waals surface area contributed by atoms with E-state index in [0.717, 1.165) is 11.1 Å². The smallest absolute Gasteiger partial charge is 0.306 e. The summed E-state index contributed by atoms with van der Waals surface area (Å²) in [6, 6.07) is 11.6. The standard InChI is InChI=1S/C20H21ClFNO3/c1-26-18-7-4-15(21)12-17(18)19(13-2-5-16(22)6-3-13)23-10-8-14(9-11-23)20(24)25/h2-7,12,14,19H,8-11H2,1H3,(H,24,25). The number of ether oxygens (including phenoxy) is 1. The molecule has 1 aliphatic heterocycles. The van der Waals surface area contributed by atoms with Crippen molar-refractivity contribution >= 4 is 17.6 Å². The Hall–Kier alpha value is -2.11. The number of carboxylic acids is 1. The molecule has 1 saturated heterocycles. The van der Waals surface area contributed by atoms with Crippen LogP contribution in [-0.4, -0.2) is 36.2 Å². The number of carbonyl (C=O) groups is 1. The van der Waals surface area contributed by atoms with Crippen LogP contribution >= 0.6 is 11.6 Å². The van der Waals surface area contributed by atoms with Gasteiger partial charge in [0.05, 0.1) is 19.1 Å². The number of hydrogen-bond acceptors (Lipinski definition) is 3. The topological polar surface area (TPSA) is 49.8 Å². The second-order valence-electron chi connectivity index (χ2n) is 6.49. The number of likely N-dealkylation sites (tertiary alicyclic amines) is 1. The van der Waals surface area contributed by atoms with E-state index in [-0.39, 0.29) is 17.8 Å². The number of rotatable bonds is 5. The number of piperidine rings is 1. The fraction of sp³-hybridized carbons (Fsp3) is 0.350. The summed E-state index contributed by atoms with van der Waals surface area (Å²) in [5, 5.41) is 9.84. The number of nitrogens with zero attached hydrogens (tertiary/aromatic N) is 1. The lowest BCUT2D eigenvalue weighted by Crippen LogP contribution is -2.39. The number of benzene rings is 2. The summed E-state index contributed by atoms with van der Waals surface area (Å²) in [7, 11) is 1.60. The van der Waals surface area contributed by atoms with Crippen LogP contribution in [0.25, 0.3) is 0 Å². The Morgan fingerprint density at radius 2 is 1.88 bits per heavy atom. The molecular formula is C20H21ClFNO3. The van der Waals surface area contributed by atoms with Gasteiger partial charge in [0.15, 0.2) is 0 Å². The number of methoxy groups -OCH3 is 1. The summed E-state index contributed by atoms with van der Waals surface area (Å²) in [4.78, 5) is 13.5. The Bertz CT molecular complexity index is 773. The van der Waals surface area contributed by atoms with Gasteiger partial charge in [-0.3, -0.25) is 9.69 Å². The normalized spacial score (nSPS) is 17.0. The summed E-state index contributed by atoms with van der Waals surface area (Å²) < 4.78 is 18.9. The van der Waals surface area contributed by atoms with E-state index < -0.39 is 5.97 Å². The molecule has 6 heteroatoms. The van der Waals surface area contributed by atoms with Crippen molar-refractivity contribution in [2.45, 2.75) is 18.9 Å². The van der Waals surface area contributed by atoms with E-state index in [9.17, 15) is 14.3 Å². The molecule has 0 saturated carbocycles. The molecule has 3 rings (SSSR count). The molecule has 138 valence electrons. The number of halogens is 2. The van der Waals surface area contributed by atoms with Gasteiger partial charge in [0.25, 0.3) is 0 Å². The quantitative estimate of drug-likeness (QED) is 0.840. The average molecular weight is 378 g/mol. The van der Waals surface area contributed by atoms with Gasteiger partial charge in [-0.25, -0.2) is 4.39 Å². The highest BCUT2D eigenvalue weighted by atomic mass is 35.5. The maximum atomic E-state index is 13.4. The van der Waals surface area contributed by atoms with E-state index in [1.807, 2.05) is 12.1 Å². The molecule has 0 aliphatic carbocycles. The fourth-order valence-corrected chi connectivity index (χ4v) is 3.74. The van der Waals surface area contributed by atoms with Gasteiger partial charge in [-0.2, -0.15) is 0 Å². The third-order valence-corrected chi connectivity index (χ3v) is 5.15. The van der Waals surface area contributed by atoms with Crippen molar-refractivity contribution in [2.24, 2.45) is 5.92 Å². The molecule has 1 aliphatic rings. The van der Waals surface area contributed by atoms with Gasteiger partial charge in [-0.15, -0.1) is 0 Å². The molecule has 4 nitrogen and oxygen atoms in total. The van der Waals surface area contributed by atoms with Gasteiger partial charge in [-0.1, -0.05) is 23.7 Å². The molecule has 0 bridgehead atoms. The highest BCUT2D eigenvalue weighted by Gasteiger charge is 2.31. The highest BCUT2D eigenvalue weighted by Crippen LogP contribution is 2.38. The van der Waals surface area contributed by atoms with Crippen molar-refractivity contribution in [3.05, 3.63) is 64.4 Å². The van der Waals surface area contributed by atoms with Crippen LogP contribution < -0.4 is 4.74 Å². The van der Waals surface area contributed by atoms with Gasteiger partial charge in [0, 0.05) is 10.6 Å². The summed E-state index contributed by atoms with van der Waals surface area (Å²) >= 11 is 6.22. The Morgan fingerprint density at radius 3 is 2.46 bits per heavy atom. The molecule has 0 spiro atoms. The molecule has 2 aromatic carbocycles. The first-order valence-corrected chi connectivity index (χ1v) is 8.93. The zero-order valence-electron chi connectivity index (χ0n) is 14.5. The molecule has 1 heterocycles. The predicted molar refractivity (Wildman–Crippen MR) is 98.2 cm³/mol. The van der Waals surface area contributed by atoms with Crippen LogP contribution in [0.4, 0.5) is 4.39 Å². The third-order valence-electron chi connectivity index (χ3n) is 4.92. The molecule has 0 amide bonds. The molecule has 1 unspecified atom stereocenters. The molecule has 0 aromatic heterocycles. The third kappa shape index (κ3) is 4.00. The minimum absolute atomic E-state index is 0.181. The van der Waals surface area contributed by atoms with Gasteiger partial charge >= 0.3 is 5.97 Å². The molecule has 1 N–H and O–H groups in total. The Morgan fingerprint density at radius 1 is 1.23 bits per heavy atom. The van der Waals surface area contributed by atoms with Crippen LogP contribution in [0.5, 0.6) is 5.75 Å². The van der Waals surface area contributed by atoms with Crippen LogP contribution in [-0.2, 0) is 4.79 Å². The average Bonchev–Trinajstić information content (AvgIpc) is 2.64. The maximum Gasteiger partial charge on any atom is 0.306 e. The van der Waals surface area contributed by atoms with Crippen molar-refractivity contribution in [1.82, 2.24) is 4.90 Å². The van der Waals surface area contributed by atoms with Crippen molar-refractivity contribution in [3.8, 4) is 5.75 Å². The zero-order chi connectivity index (χ0) is 18.7. The second-order valence-corrected chi connectivity index (χ2v) is 6.93. The van der Waals surface area contributed by atoms with Crippen molar-refractivity contribution in [3.63, 3.8) is 0 Å². The molecule has 0 radical (unpaired) electrons. The minimum Gasteiger partial charge on any atom is -0.496 e. The molecule has 1 atom stereocenters. The largest absolute Gasteiger partial charge is 0.496 e. The van der Waals surface area contributed by atoms with E-state index in [1.165, 1.54) is 12.1 Å². The first-order valence-electron chi connectivity index (χ1n) is 8.55. The van der Waals surface area contributed by atoms with E-state index in [0.29, 0.717) is 36.7 Å². The maximum absolute atomic E-state index is 13.4. The Labute approximate surface area is 157 Å². The predicted octanol–water partition coefficient (Wildman–Crippen LogP) is 4.37. The summed E-state index contributed by atoms with van der Waals surface area (Å²) in [5.41, 5.74) is 1.81. The van der Waals surface area contributed by atoms with Gasteiger partial charge in [-0.05, 0) is 61.8 Å². The summed E-state index contributed by atoms with van der Waals surface area (Å²) in [6.07, 6.45) is 1.16. The number of hydrogen-bond donors (Lipinski definition) is 1. The lowest BCUT2D eigenvalue weighted by atomic mass is 9.91. The van der Waals surface area contributed by atoms with E-state index in [1.54, 1.807) is 25.3 Å². The summed E-state index contributed by atoms with van der Waals surface area (Å²) in [5.74, 6) is -0.663. The number of aliphatic carboxylic acids is 1. The monoisotopic (exact) mass is 377 g/mol. The number of carboxylic acid groups (broad SMARTS) is 1. The van der Waals surface area contributed by atoms with E-state index >= 15 is 0 Å². The van der Waals surface area contributed by atoms with Crippen molar-refractivity contribution in [2.75, 3.05) is 20.2 Å². The van der Waals surface area contributed by atoms with Crippen LogP contribution in [0.2, 0.25) is 5.02 Å². The Balaban J connectivity index is 1.99. The molecule has 26 heavy (non-hydrogen) atoms. The first-order chi connectivity index (χ1) is 12.5. The van der Waals surface area contributed by atoms with Crippen LogP contribution in [0.15, 0.2) is 42.5 Å². The van der Waals surface area contributed by atoms with E-state index in [2.05, 4.69) is 4.90 Å². The van der Waals surface area contributed by atoms with Gasteiger partial charge in [0.1, 0.15) is 11.6 Å². The fourth-order valence-electron chi connectivity index (χ4n) is 3.56. The lowest BCUT2D eigenvalue weighted by molar-refractivity contribution is -0.143. The molecular weight excluding hydrogens is 357 g/mol. The zero-order valence-corrected chi connectivity index (χ0v) is 15.2. The molecule has 1 fully saturated rings. The van der Waals surface area contributed by atoms with Crippen LogP contribution in [0.3, 0.4) is 0 Å². The van der Waals surface area contributed by atoms with Crippen LogP contribution in [0, 0.1) is 11.7 Å². The van der Waals surface area contributed by atoms with Gasteiger partial charge < -0.3 is 9.84 Å². The van der Waals surface area contributed by atoms with Crippen LogP contribution in [0.1, 0.15) is 30.0 Å². The second kappa shape index (κ2) is 8.06. The molecule has 2 aromatic rings. The summed E-state index contributed by atoms with van der Waals surface area (Å²) in [6.45, 7) is 1.27. The van der Waals surface area contributed by atoms with Crippen molar-refractivity contribution in [1.29, 1.82) is 0 Å². The lowest BCUT2D eigenvalue weighted by Gasteiger charge is -2.37.